The predicted molar refractivity (Wildman–Crippen MR) is 59.2 cm³/mol. The lowest BCUT2D eigenvalue weighted by Gasteiger charge is -2.03. The van der Waals surface area contributed by atoms with Gasteiger partial charge in [-0.3, -0.25) is 14.6 Å². The third-order valence-electron chi connectivity index (χ3n) is 2.49. The Hall–Kier alpha value is -2.11. The molecular weight excluding hydrogens is 206 g/mol. The van der Waals surface area contributed by atoms with E-state index in [9.17, 15) is 4.79 Å². The van der Waals surface area contributed by atoms with Crippen molar-refractivity contribution < 1.29 is 4.79 Å². The Kier molecular flexibility index (Phi) is 2.47. The molecule has 0 bridgehead atoms. The largest absolute Gasteiger partial charge is 0.318 e. The number of aryl methyl sites for hydroxylation is 2. The number of nitrogens with one attached hydrogen (secondary N) is 2. The quantitative estimate of drug-likeness (QED) is 0.791. The molecule has 0 saturated heterocycles. The maximum absolute atomic E-state index is 11.8. The molecule has 0 aromatic carbocycles. The molecule has 6 nitrogen and oxygen atoms in total. The van der Waals surface area contributed by atoms with Crippen LogP contribution in [0.2, 0.25) is 0 Å². The van der Waals surface area contributed by atoms with Crippen molar-refractivity contribution in [3.8, 4) is 0 Å². The Morgan fingerprint density at radius 3 is 2.75 bits per heavy atom. The number of aromatic amines is 1. The van der Waals surface area contributed by atoms with Crippen LogP contribution >= 0.6 is 0 Å². The van der Waals surface area contributed by atoms with Crippen LogP contribution in [0.3, 0.4) is 0 Å². The van der Waals surface area contributed by atoms with Crippen molar-refractivity contribution in [3.63, 3.8) is 0 Å². The van der Waals surface area contributed by atoms with Crippen LogP contribution in [0.15, 0.2) is 12.3 Å². The zero-order valence-electron chi connectivity index (χ0n) is 9.40. The van der Waals surface area contributed by atoms with E-state index >= 15 is 0 Å². The fraction of sp³-hybridized carbons (Fsp3) is 0.300. The van der Waals surface area contributed by atoms with Crippen molar-refractivity contribution in [1.82, 2.24) is 20.0 Å². The summed E-state index contributed by atoms with van der Waals surface area (Å²) in [5, 5.41) is 13.4. The molecule has 0 radical (unpaired) electrons. The molecule has 1 amide bonds. The van der Waals surface area contributed by atoms with E-state index in [1.54, 1.807) is 10.7 Å². The van der Waals surface area contributed by atoms with Gasteiger partial charge < -0.3 is 5.32 Å². The van der Waals surface area contributed by atoms with Crippen LogP contribution in [0.4, 0.5) is 5.69 Å². The Morgan fingerprint density at radius 2 is 2.25 bits per heavy atom. The van der Waals surface area contributed by atoms with E-state index in [4.69, 9.17) is 0 Å². The molecule has 0 unspecified atom stereocenters. The van der Waals surface area contributed by atoms with Gasteiger partial charge >= 0.3 is 0 Å². The minimum atomic E-state index is -0.211. The van der Waals surface area contributed by atoms with E-state index in [0.29, 0.717) is 5.69 Å². The number of anilines is 1. The van der Waals surface area contributed by atoms with Gasteiger partial charge in [-0.15, -0.1) is 0 Å². The molecule has 0 aliphatic heterocycles. The van der Waals surface area contributed by atoms with Crippen molar-refractivity contribution >= 4 is 11.6 Å². The number of amides is 1. The molecule has 2 heterocycles. The molecule has 2 N–H and O–H groups in total. The van der Waals surface area contributed by atoms with Gasteiger partial charge in [-0.2, -0.15) is 10.2 Å². The van der Waals surface area contributed by atoms with Crippen LogP contribution in [0.25, 0.3) is 0 Å². The Bertz CT molecular complexity index is 512. The van der Waals surface area contributed by atoms with Crippen molar-refractivity contribution in [3.05, 3.63) is 29.3 Å². The summed E-state index contributed by atoms with van der Waals surface area (Å²) in [7, 11) is 1.84. The maximum atomic E-state index is 11.8. The average Bonchev–Trinajstić information content (AvgIpc) is 2.83. The van der Waals surface area contributed by atoms with Crippen molar-refractivity contribution in [2.45, 2.75) is 13.8 Å². The third-order valence-corrected chi connectivity index (χ3v) is 2.49. The molecule has 0 saturated carbocycles. The van der Waals surface area contributed by atoms with Gasteiger partial charge in [0, 0.05) is 13.2 Å². The summed E-state index contributed by atoms with van der Waals surface area (Å²) in [4.78, 5) is 11.8. The smallest absolute Gasteiger partial charge is 0.273 e. The second-order valence-electron chi connectivity index (χ2n) is 3.59. The molecule has 0 atom stereocenters. The first-order valence-corrected chi connectivity index (χ1v) is 4.90. The minimum absolute atomic E-state index is 0.211. The Morgan fingerprint density at radius 1 is 1.50 bits per heavy atom. The molecular formula is C10H13N5O. The van der Waals surface area contributed by atoms with Crippen molar-refractivity contribution in [1.29, 1.82) is 0 Å². The molecule has 0 aliphatic carbocycles. The second-order valence-corrected chi connectivity index (χ2v) is 3.59. The molecule has 84 valence electrons. The number of carbonyl (C=O) groups is 1. The van der Waals surface area contributed by atoms with Gasteiger partial charge in [0.05, 0.1) is 17.1 Å². The fourth-order valence-electron chi connectivity index (χ4n) is 1.52. The fourth-order valence-corrected chi connectivity index (χ4v) is 1.52. The number of nitrogens with zero attached hydrogens (tertiary/aromatic N) is 3. The number of rotatable bonds is 2. The van der Waals surface area contributed by atoms with E-state index in [-0.39, 0.29) is 5.91 Å². The summed E-state index contributed by atoms with van der Waals surface area (Å²) in [6.45, 7) is 3.76. The van der Waals surface area contributed by atoms with Crippen LogP contribution < -0.4 is 5.32 Å². The topological polar surface area (TPSA) is 75.6 Å². The van der Waals surface area contributed by atoms with Crippen LogP contribution in [-0.2, 0) is 7.05 Å². The van der Waals surface area contributed by atoms with Gasteiger partial charge in [0.2, 0.25) is 0 Å². The van der Waals surface area contributed by atoms with Crippen molar-refractivity contribution in [2.24, 2.45) is 7.05 Å². The molecule has 6 heteroatoms. The van der Waals surface area contributed by atoms with E-state index in [0.717, 1.165) is 17.1 Å². The third kappa shape index (κ3) is 1.69. The molecule has 0 fully saturated rings. The van der Waals surface area contributed by atoms with E-state index in [1.165, 1.54) is 6.20 Å². The first kappa shape index (κ1) is 10.4. The van der Waals surface area contributed by atoms with Crippen LogP contribution in [0.5, 0.6) is 0 Å². The second kappa shape index (κ2) is 3.80. The summed E-state index contributed by atoms with van der Waals surface area (Å²) >= 11 is 0. The molecule has 2 aromatic rings. The molecule has 2 aromatic heterocycles. The zero-order valence-corrected chi connectivity index (χ0v) is 9.40. The number of aromatic nitrogens is 4. The predicted octanol–water partition coefficient (Wildman–Crippen LogP) is 1.01. The summed E-state index contributed by atoms with van der Waals surface area (Å²) < 4.78 is 1.73. The van der Waals surface area contributed by atoms with Gasteiger partial charge in [-0.1, -0.05) is 0 Å². The highest BCUT2D eigenvalue weighted by Gasteiger charge is 2.14. The van der Waals surface area contributed by atoms with E-state index < -0.39 is 0 Å². The lowest BCUT2D eigenvalue weighted by molar-refractivity contribution is 0.102. The summed E-state index contributed by atoms with van der Waals surface area (Å²) in [6.07, 6.45) is 1.54. The first-order chi connectivity index (χ1) is 7.59. The Balaban J connectivity index is 2.25. The first-order valence-electron chi connectivity index (χ1n) is 4.90. The number of hydrogen-bond acceptors (Lipinski definition) is 3. The lowest BCUT2D eigenvalue weighted by atomic mass is 10.3. The van der Waals surface area contributed by atoms with Crippen molar-refractivity contribution in [2.75, 3.05) is 5.32 Å². The maximum Gasteiger partial charge on any atom is 0.273 e. The Labute approximate surface area is 92.7 Å². The highest BCUT2D eigenvalue weighted by Crippen LogP contribution is 2.18. The van der Waals surface area contributed by atoms with Gasteiger partial charge in [0.1, 0.15) is 5.69 Å². The number of carbonyl (C=O) groups excluding carboxylic acids is 1. The zero-order chi connectivity index (χ0) is 11.7. The summed E-state index contributed by atoms with van der Waals surface area (Å²) in [5.41, 5.74) is 2.91. The van der Waals surface area contributed by atoms with Gasteiger partial charge in [-0.25, -0.2) is 0 Å². The molecule has 0 spiro atoms. The van der Waals surface area contributed by atoms with Gasteiger partial charge in [0.25, 0.3) is 5.91 Å². The SMILES string of the molecule is Cc1nn(C)c(C)c1NC(=O)c1ccn[nH]1. The highest BCUT2D eigenvalue weighted by molar-refractivity contribution is 6.03. The van der Waals surface area contributed by atoms with Gasteiger partial charge in [0.15, 0.2) is 0 Å². The highest BCUT2D eigenvalue weighted by atomic mass is 16.1. The van der Waals surface area contributed by atoms with E-state index in [1.807, 2.05) is 20.9 Å². The van der Waals surface area contributed by atoms with Crippen LogP contribution in [0.1, 0.15) is 21.9 Å². The monoisotopic (exact) mass is 219 g/mol. The number of H-pyrrole nitrogens is 1. The van der Waals surface area contributed by atoms with Crippen LogP contribution in [-0.4, -0.2) is 25.9 Å². The molecule has 2 rings (SSSR count). The van der Waals surface area contributed by atoms with E-state index in [2.05, 4.69) is 20.6 Å². The summed E-state index contributed by atoms with van der Waals surface area (Å²) in [5.74, 6) is -0.211. The molecule has 16 heavy (non-hydrogen) atoms. The number of hydrogen-bond donors (Lipinski definition) is 2. The van der Waals surface area contributed by atoms with Crippen LogP contribution in [0, 0.1) is 13.8 Å². The normalized spacial score (nSPS) is 10.4. The molecule has 0 aliphatic rings. The minimum Gasteiger partial charge on any atom is -0.318 e. The standard InChI is InChI=1S/C10H13N5O/c1-6-9(7(2)15(3)14-6)12-10(16)8-4-5-11-13-8/h4-5H,1-3H3,(H,11,13)(H,12,16). The average molecular weight is 219 g/mol. The lowest BCUT2D eigenvalue weighted by Crippen LogP contribution is -2.13. The summed E-state index contributed by atoms with van der Waals surface area (Å²) in [6, 6.07) is 1.62. The van der Waals surface area contributed by atoms with Gasteiger partial charge in [-0.05, 0) is 19.9 Å².